The van der Waals surface area contributed by atoms with Crippen molar-refractivity contribution in [2.75, 3.05) is 6.79 Å². The molecule has 0 spiro atoms. The molecule has 1 unspecified atom stereocenters. The van der Waals surface area contributed by atoms with E-state index >= 15 is 0 Å². The summed E-state index contributed by atoms with van der Waals surface area (Å²) in [6.45, 7) is 8.23. The fourth-order valence-electron chi connectivity index (χ4n) is 3.69. The molecule has 3 aromatic rings. The number of carbonyl (C=O) groups excluding carboxylic acids is 1. The molecule has 170 valence electrons. The smallest absolute Gasteiger partial charge is 0.231 e. The minimum absolute atomic E-state index is 0.168. The molecule has 1 saturated carbocycles. The molecule has 2 aliphatic rings. The molecule has 0 radical (unpaired) electrons. The first-order valence-corrected chi connectivity index (χ1v) is 12.1. The zero-order valence-corrected chi connectivity index (χ0v) is 19.9. The van der Waals surface area contributed by atoms with Crippen molar-refractivity contribution in [3.05, 3.63) is 75.7 Å². The third-order valence-corrected chi connectivity index (χ3v) is 6.53. The minimum Gasteiger partial charge on any atom is -0.454 e. The standard InChI is InChI=1S/C22H19NO4S.2C2H6/c24-19(22(8-9-22)15-6-7-16-17(10-15)27-13-26-16)11-20-23-12-18(28-20)21(25)14-4-2-1-3-5-14;2*1-2/h1-7,10,12,21,25H,8-9,11,13H2;2*1-2H3. The van der Waals surface area contributed by atoms with Gasteiger partial charge in [-0.3, -0.25) is 4.79 Å². The zero-order valence-electron chi connectivity index (χ0n) is 19.1. The zero-order chi connectivity index (χ0) is 23.1. The van der Waals surface area contributed by atoms with E-state index in [1.54, 1.807) is 6.20 Å². The normalized spacial score (nSPS) is 15.5. The van der Waals surface area contributed by atoms with Crippen LogP contribution in [0.5, 0.6) is 11.5 Å². The number of nitrogens with zero attached hydrogens (tertiary/aromatic N) is 1. The number of thiazole rings is 1. The molecule has 6 heteroatoms. The number of ether oxygens (including phenoxy) is 2. The van der Waals surface area contributed by atoms with Gasteiger partial charge in [-0.15, -0.1) is 11.3 Å². The van der Waals surface area contributed by atoms with Crippen LogP contribution in [-0.4, -0.2) is 22.7 Å². The number of rotatable bonds is 6. The van der Waals surface area contributed by atoms with Crippen LogP contribution in [0.4, 0.5) is 0 Å². The molecule has 1 fully saturated rings. The maximum Gasteiger partial charge on any atom is 0.231 e. The summed E-state index contributed by atoms with van der Waals surface area (Å²) in [5, 5.41) is 11.3. The number of hydrogen-bond donors (Lipinski definition) is 1. The van der Waals surface area contributed by atoms with E-state index in [0.29, 0.717) is 5.75 Å². The molecular formula is C26H31NO4S. The van der Waals surface area contributed by atoms with Gasteiger partial charge in [0.2, 0.25) is 6.79 Å². The van der Waals surface area contributed by atoms with Crippen molar-refractivity contribution in [3.63, 3.8) is 0 Å². The summed E-state index contributed by atoms with van der Waals surface area (Å²) >= 11 is 1.40. The topological polar surface area (TPSA) is 68.7 Å². The Morgan fingerprint density at radius 3 is 2.44 bits per heavy atom. The van der Waals surface area contributed by atoms with E-state index in [9.17, 15) is 9.90 Å². The van der Waals surface area contributed by atoms with Gasteiger partial charge in [0.05, 0.1) is 16.7 Å². The lowest BCUT2D eigenvalue weighted by atomic mass is 9.89. The summed E-state index contributed by atoms with van der Waals surface area (Å²) in [6.07, 6.45) is 2.92. The first-order valence-electron chi connectivity index (χ1n) is 11.3. The second kappa shape index (κ2) is 10.7. The van der Waals surface area contributed by atoms with Gasteiger partial charge in [-0.1, -0.05) is 64.1 Å². The summed E-state index contributed by atoms with van der Waals surface area (Å²) < 4.78 is 10.8. The van der Waals surface area contributed by atoms with Crippen molar-refractivity contribution in [1.82, 2.24) is 4.98 Å². The number of aromatic nitrogens is 1. The Morgan fingerprint density at radius 1 is 1.06 bits per heavy atom. The van der Waals surface area contributed by atoms with Crippen LogP contribution in [0.3, 0.4) is 0 Å². The van der Waals surface area contributed by atoms with Crippen molar-refractivity contribution >= 4 is 17.1 Å². The SMILES string of the molecule is CC.CC.O=C(Cc1ncc(C(O)c2ccccc2)s1)C1(c2ccc3c(c2)OCO3)CC1. The van der Waals surface area contributed by atoms with E-state index < -0.39 is 11.5 Å². The van der Waals surface area contributed by atoms with Crippen molar-refractivity contribution in [2.24, 2.45) is 0 Å². The van der Waals surface area contributed by atoms with Crippen LogP contribution >= 0.6 is 11.3 Å². The van der Waals surface area contributed by atoms with Gasteiger partial charge in [0.15, 0.2) is 11.5 Å². The van der Waals surface area contributed by atoms with Crippen LogP contribution in [0, 0.1) is 0 Å². The Hall–Kier alpha value is -2.70. The summed E-state index contributed by atoms with van der Waals surface area (Å²) in [4.78, 5) is 18.2. The molecule has 1 aromatic heterocycles. The highest BCUT2D eigenvalue weighted by atomic mass is 32.1. The second-order valence-electron chi connectivity index (χ2n) is 7.22. The van der Waals surface area contributed by atoms with Crippen LogP contribution in [0.15, 0.2) is 54.7 Å². The van der Waals surface area contributed by atoms with Crippen molar-refractivity contribution in [3.8, 4) is 11.5 Å². The molecular weight excluding hydrogens is 422 g/mol. The molecule has 5 nitrogen and oxygen atoms in total. The van der Waals surface area contributed by atoms with Crippen LogP contribution in [0.1, 0.15) is 67.7 Å². The lowest BCUT2D eigenvalue weighted by Gasteiger charge is -2.14. The van der Waals surface area contributed by atoms with Gasteiger partial charge in [-0.25, -0.2) is 4.98 Å². The van der Waals surface area contributed by atoms with Crippen molar-refractivity contribution in [1.29, 1.82) is 0 Å². The quantitative estimate of drug-likeness (QED) is 0.507. The minimum atomic E-state index is -0.716. The van der Waals surface area contributed by atoms with Crippen LogP contribution < -0.4 is 9.47 Å². The van der Waals surface area contributed by atoms with Gasteiger partial charge in [0, 0.05) is 6.20 Å². The molecule has 1 atom stereocenters. The predicted octanol–water partition coefficient (Wildman–Crippen LogP) is 5.85. The maximum absolute atomic E-state index is 13.1. The molecule has 1 aliphatic carbocycles. The third-order valence-electron chi connectivity index (χ3n) is 5.48. The number of aliphatic hydroxyl groups is 1. The van der Waals surface area contributed by atoms with E-state index in [2.05, 4.69) is 4.98 Å². The predicted molar refractivity (Wildman–Crippen MR) is 128 cm³/mol. The molecule has 0 amide bonds. The summed E-state index contributed by atoms with van der Waals surface area (Å²) in [5.41, 5.74) is 1.37. The van der Waals surface area contributed by atoms with Gasteiger partial charge < -0.3 is 14.6 Å². The second-order valence-corrected chi connectivity index (χ2v) is 8.37. The van der Waals surface area contributed by atoms with Gasteiger partial charge >= 0.3 is 0 Å². The summed E-state index contributed by atoms with van der Waals surface area (Å²) in [7, 11) is 0. The average Bonchev–Trinajstić information content (AvgIpc) is 3.31. The number of fused-ring (bicyclic) bond motifs is 1. The van der Waals surface area contributed by atoms with Gasteiger partial charge in [-0.2, -0.15) is 0 Å². The number of hydrogen-bond acceptors (Lipinski definition) is 6. The first kappa shape index (κ1) is 24.0. The van der Waals surface area contributed by atoms with E-state index in [-0.39, 0.29) is 19.0 Å². The molecule has 2 heterocycles. The average molecular weight is 454 g/mol. The molecule has 1 aliphatic heterocycles. The Morgan fingerprint density at radius 2 is 1.75 bits per heavy atom. The highest BCUT2D eigenvalue weighted by Gasteiger charge is 2.51. The summed E-state index contributed by atoms with van der Waals surface area (Å²) in [6, 6.07) is 15.2. The molecule has 32 heavy (non-hydrogen) atoms. The number of Topliss-reactive ketones (excluding diaryl/α,β-unsaturated/α-hetero) is 1. The first-order chi connectivity index (χ1) is 15.7. The maximum atomic E-state index is 13.1. The molecule has 0 bridgehead atoms. The Labute approximate surface area is 194 Å². The molecule has 0 saturated heterocycles. The highest BCUT2D eigenvalue weighted by Crippen LogP contribution is 2.51. The van der Waals surface area contributed by atoms with E-state index in [4.69, 9.17) is 9.47 Å². The largest absolute Gasteiger partial charge is 0.454 e. The number of carbonyl (C=O) groups is 1. The van der Waals surface area contributed by atoms with Crippen LogP contribution in [0.2, 0.25) is 0 Å². The third kappa shape index (κ3) is 4.87. The summed E-state index contributed by atoms with van der Waals surface area (Å²) in [5.74, 6) is 1.60. The lowest BCUT2D eigenvalue weighted by Crippen LogP contribution is -2.22. The van der Waals surface area contributed by atoms with Crippen molar-refractivity contribution < 1.29 is 19.4 Å². The van der Waals surface area contributed by atoms with Crippen LogP contribution in [-0.2, 0) is 16.6 Å². The number of benzene rings is 2. The number of aliphatic hydroxyl groups excluding tert-OH is 1. The van der Waals surface area contributed by atoms with E-state index in [0.717, 1.165) is 39.6 Å². The Kier molecular flexibility index (Phi) is 8.04. The van der Waals surface area contributed by atoms with Crippen molar-refractivity contribution in [2.45, 2.75) is 58.5 Å². The van der Waals surface area contributed by atoms with Crippen LogP contribution in [0.25, 0.3) is 0 Å². The van der Waals surface area contributed by atoms with Gasteiger partial charge in [-0.05, 0) is 36.1 Å². The Bertz CT molecular complexity index is 1030. The molecule has 1 N–H and O–H groups in total. The molecule has 5 rings (SSSR count). The highest BCUT2D eigenvalue weighted by molar-refractivity contribution is 7.11. The van der Waals surface area contributed by atoms with Gasteiger partial charge in [0.25, 0.3) is 0 Å². The van der Waals surface area contributed by atoms with Gasteiger partial charge in [0.1, 0.15) is 16.9 Å². The fraction of sp³-hybridized carbons (Fsp3) is 0.385. The monoisotopic (exact) mass is 453 g/mol. The van der Waals surface area contributed by atoms with E-state index in [1.165, 1.54) is 11.3 Å². The fourth-order valence-corrected chi connectivity index (χ4v) is 4.62. The van der Waals surface area contributed by atoms with E-state index in [1.807, 2.05) is 76.2 Å². The lowest BCUT2D eigenvalue weighted by molar-refractivity contribution is -0.120. The number of ketones is 1. The molecule has 2 aromatic carbocycles. The Balaban J connectivity index is 0.000000686.